The molecule has 1 aliphatic carbocycles. The van der Waals surface area contributed by atoms with Gasteiger partial charge in [-0.25, -0.2) is 0 Å². The first-order valence-electron chi connectivity index (χ1n) is 6.65. The molecule has 0 aromatic heterocycles. The molecule has 104 valence electrons. The minimum absolute atomic E-state index is 0.124. The minimum atomic E-state index is -0.370. The lowest BCUT2D eigenvalue weighted by molar-refractivity contribution is -0.384. The summed E-state index contributed by atoms with van der Waals surface area (Å²) in [5.74, 6) is 0.474. The molecule has 1 saturated carbocycles. The molecule has 19 heavy (non-hydrogen) atoms. The van der Waals surface area contributed by atoms with Crippen LogP contribution >= 0.6 is 27.5 Å². The molecule has 3 nitrogen and oxygen atoms in total. The zero-order chi connectivity index (χ0) is 13.8. The van der Waals surface area contributed by atoms with Crippen LogP contribution in [0.1, 0.15) is 37.7 Å². The van der Waals surface area contributed by atoms with Gasteiger partial charge in [-0.1, -0.05) is 41.3 Å². The number of alkyl halides is 1. The highest BCUT2D eigenvalue weighted by Gasteiger charge is 2.23. The van der Waals surface area contributed by atoms with Crippen molar-refractivity contribution in [3.63, 3.8) is 0 Å². The number of nitro groups is 1. The molecule has 1 fully saturated rings. The number of non-ortho nitro benzene ring substituents is 1. The number of rotatable bonds is 3. The van der Waals surface area contributed by atoms with Crippen LogP contribution in [0.15, 0.2) is 22.7 Å². The summed E-state index contributed by atoms with van der Waals surface area (Å²) in [4.78, 5) is 10.3. The number of nitro benzene ring substituents is 1. The fraction of sp³-hybridized carbons (Fsp3) is 0.571. The van der Waals surface area contributed by atoms with Crippen molar-refractivity contribution in [3.8, 4) is 0 Å². The summed E-state index contributed by atoms with van der Waals surface area (Å²) in [5.41, 5.74) is 1.24. The smallest absolute Gasteiger partial charge is 0.258 e. The predicted octanol–water partition coefficient (Wildman–Crippen LogP) is 5.09. The zero-order valence-corrected chi connectivity index (χ0v) is 13.0. The van der Waals surface area contributed by atoms with E-state index in [-0.39, 0.29) is 16.0 Å². The van der Waals surface area contributed by atoms with E-state index in [1.165, 1.54) is 19.3 Å². The van der Waals surface area contributed by atoms with Crippen LogP contribution in [0, 0.1) is 16.0 Å². The van der Waals surface area contributed by atoms with Gasteiger partial charge >= 0.3 is 0 Å². The Morgan fingerprint density at radius 2 is 2.05 bits per heavy atom. The lowest BCUT2D eigenvalue weighted by Gasteiger charge is -2.20. The fourth-order valence-corrected chi connectivity index (χ4v) is 3.56. The molecule has 1 aliphatic rings. The van der Waals surface area contributed by atoms with Crippen molar-refractivity contribution in [3.05, 3.63) is 38.3 Å². The summed E-state index contributed by atoms with van der Waals surface area (Å²) in [6.07, 6.45) is 6.84. The molecule has 0 bridgehead atoms. The van der Waals surface area contributed by atoms with Crippen molar-refractivity contribution in [1.82, 2.24) is 0 Å². The lowest BCUT2D eigenvalue weighted by atomic mass is 9.92. The third-order valence-electron chi connectivity index (χ3n) is 3.80. The molecule has 2 unspecified atom stereocenters. The van der Waals surface area contributed by atoms with E-state index in [1.54, 1.807) is 12.1 Å². The minimum Gasteiger partial charge on any atom is -0.258 e. The average Bonchev–Trinajstić information content (AvgIpc) is 2.57. The van der Waals surface area contributed by atoms with Crippen LogP contribution in [0.5, 0.6) is 0 Å². The molecule has 1 aromatic carbocycles. The van der Waals surface area contributed by atoms with E-state index in [2.05, 4.69) is 15.9 Å². The first kappa shape index (κ1) is 14.8. The Morgan fingerprint density at radius 1 is 1.32 bits per heavy atom. The maximum absolute atomic E-state index is 10.7. The van der Waals surface area contributed by atoms with Crippen molar-refractivity contribution in [2.45, 2.75) is 43.9 Å². The van der Waals surface area contributed by atoms with E-state index in [0.717, 1.165) is 29.3 Å². The Morgan fingerprint density at radius 3 is 2.74 bits per heavy atom. The Labute approximate surface area is 126 Å². The maximum atomic E-state index is 10.7. The van der Waals surface area contributed by atoms with E-state index in [9.17, 15) is 10.1 Å². The summed E-state index contributed by atoms with van der Waals surface area (Å²) < 4.78 is 0.815. The summed E-state index contributed by atoms with van der Waals surface area (Å²) in [5, 5.41) is 10.9. The van der Waals surface area contributed by atoms with Crippen molar-refractivity contribution >= 4 is 33.2 Å². The van der Waals surface area contributed by atoms with Gasteiger partial charge in [0.05, 0.1) is 4.92 Å². The van der Waals surface area contributed by atoms with E-state index < -0.39 is 0 Å². The molecule has 0 saturated heterocycles. The van der Waals surface area contributed by atoms with Crippen LogP contribution in [-0.4, -0.2) is 10.3 Å². The second kappa shape index (κ2) is 6.71. The van der Waals surface area contributed by atoms with Gasteiger partial charge in [0.15, 0.2) is 0 Å². The Balaban J connectivity index is 2.11. The maximum Gasteiger partial charge on any atom is 0.270 e. The van der Waals surface area contributed by atoms with Gasteiger partial charge in [-0.2, -0.15) is 0 Å². The Bertz CT molecular complexity index is 467. The second-order valence-corrected chi connectivity index (χ2v) is 6.57. The summed E-state index contributed by atoms with van der Waals surface area (Å²) in [6.45, 7) is 0. The van der Waals surface area contributed by atoms with E-state index >= 15 is 0 Å². The van der Waals surface area contributed by atoms with Gasteiger partial charge in [0, 0.05) is 22.0 Å². The van der Waals surface area contributed by atoms with Crippen LogP contribution in [0.3, 0.4) is 0 Å². The van der Waals surface area contributed by atoms with Gasteiger partial charge in [0.1, 0.15) is 0 Å². The largest absolute Gasteiger partial charge is 0.270 e. The van der Waals surface area contributed by atoms with E-state index in [1.807, 2.05) is 6.07 Å². The Hall–Kier alpha value is -0.610. The molecule has 0 heterocycles. The average molecular weight is 347 g/mol. The Kier molecular flexibility index (Phi) is 5.22. The molecule has 0 aliphatic heterocycles. The number of halogens is 2. The molecule has 0 N–H and O–H groups in total. The van der Waals surface area contributed by atoms with Crippen LogP contribution in [0.4, 0.5) is 5.69 Å². The van der Waals surface area contributed by atoms with Gasteiger partial charge < -0.3 is 0 Å². The van der Waals surface area contributed by atoms with Crippen LogP contribution in [0.25, 0.3) is 0 Å². The SMILES string of the molecule is O=[N+]([O-])c1ccc(CC2CCCCCC2Cl)c(Br)c1. The number of hydrogen-bond donors (Lipinski definition) is 0. The highest BCUT2D eigenvalue weighted by molar-refractivity contribution is 9.10. The highest BCUT2D eigenvalue weighted by Crippen LogP contribution is 2.33. The molecule has 2 atom stereocenters. The normalized spacial score (nSPS) is 23.9. The molecule has 0 spiro atoms. The molecular weight excluding hydrogens is 330 g/mol. The zero-order valence-electron chi connectivity index (χ0n) is 10.6. The standard InChI is InChI=1S/C14H17BrClNO2/c15-13-9-12(17(18)19)7-6-10(13)8-11-4-2-1-3-5-14(11)16/h6-7,9,11,14H,1-5,8H2. The van der Waals surface area contributed by atoms with Gasteiger partial charge in [-0.05, 0) is 30.7 Å². The van der Waals surface area contributed by atoms with Crippen LogP contribution in [0.2, 0.25) is 0 Å². The topological polar surface area (TPSA) is 43.1 Å². The van der Waals surface area contributed by atoms with Crippen LogP contribution < -0.4 is 0 Å². The van der Waals surface area contributed by atoms with Crippen LogP contribution in [-0.2, 0) is 6.42 Å². The third-order valence-corrected chi connectivity index (χ3v) is 5.11. The number of hydrogen-bond acceptors (Lipinski definition) is 2. The summed E-state index contributed by atoms with van der Waals surface area (Å²) in [6, 6.07) is 4.99. The summed E-state index contributed by atoms with van der Waals surface area (Å²) in [7, 11) is 0. The van der Waals surface area contributed by atoms with E-state index in [4.69, 9.17) is 11.6 Å². The summed E-state index contributed by atoms with van der Waals surface area (Å²) >= 11 is 9.88. The van der Waals surface area contributed by atoms with Crippen molar-refractivity contribution in [1.29, 1.82) is 0 Å². The first-order chi connectivity index (χ1) is 9.08. The number of benzene rings is 1. The van der Waals surface area contributed by atoms with E-state index in [0.29, 0.717) is 5.92 Å². The van der Waals surface area contributed by atoms with Crippen molar-refractivity contribution in [2.75, 3.05) is 0 Å². The molecular formula is C14H17BrClNO2. The number of nitrogens with zero attached hydrogens (tertiary/aromatic N) is 1. The van der Waals surface area contributed by atoms with Crippen molar-refractivity contribution < 1.29 is 4.92 Å². The van der Waals surface area contributed by atoms with Gasteiger partial charge in [0.25, 0.3) is 5.69 Å². The second-order valence-electron chi connectivity index (χ2n) is 5.15. The highest BCUT2D eigenvalue weighted by atomic mass is 79.9. The van der Waals surface area contributed by atoms with Gasteiger partial charge in [-0.3, -0.25) is 10.1 Å². The molecule has 0 amide bonds. The van der Waals surface area contributed by atoms with Crippen molar-refractivity contribution in [2.24, 2.45) is 5.92 Å². The molecule has 2 rings (SSSR count). The molecule has 1 aromatic rings. The monoisotopic (exact) mass is 345 g/mol. The predicted molar refractivity (Wildman–Crippen MR) is 80.7 cm³/mol. The third kappa shape index (κ3) is 3.93. The molecule has 5 heteroatoms. The van der Waals surface area contributed by atoms with Gasteiger partial charge in [-0.15, -0.1) is 11.6 Å². The fourth-order valence-electron chi connectivity index (χ4n) is 2.67. The lowest BCUT2D eigenvalue weighted by Crippen LogP contribution is -2.16. The quantitative estimate of drug-likeness (QED) is 0.331. The molecule has 0 radical (unpaired) electrons. The van der Waals surface area contributed by atoms with Gasteiger partial charge in [0.2, 0.25) is 0 Å². The first-order valence-corrected chi connectivity index (χ1v) is 7.88.